The van der Waals surface area contributed by atoms with Gasteiger partial charge in [0.05, 0.1) is 6.04 Å². The van der Waals surface area contributed by atoms with E-state index >= 15 is 0 Å². The van der Waals surface area contributed by atoms with Gasteiger partial charge in [0.25, 0.3) is 5.91 Å². The van der Waals surface area contributed by atoms with Crippen LogP contribution >= 0.6 is 0 Å². The third kappa shape index (κ3) is 4.29. The lowest BCUT2D eigenvalue weighted by atomic mass is 9.94. The van der Waals surface area contributed by atoms with Gasteiger partial charge < -0.3 is 16.0 Å². The minimum atomic E-state index is -0.128. The quantitative estimate of drug-likeness (QED) is 0.791. The maximum atomic E-state index is 12.2. The molecule has 114 valence electrons. The Bertz CT molecular complexity index is 499. The van der Waals surface area contributed by atoms with E-state index in [0.29, 0.717) is 23.7 Å². The monoisotopic (exact) mass is 289 g/mol. The van der Waals surface area contributed by atoms with Gasteiger partial charge in [0.15, 0.2) is 0 Å². The summed E-state index contributed by atoms with van der Waals surface area (Å²) in [7, 11) is 0. The normalized spacial score (nSPS) is 21.6. The van der Waals surface area contributed by atoms with Gasteiger partial charge in [-0.05, 0) is 56.5 Å². The van der Waals surface area contributed by atoms with E-state index < -0.39 is 0 Å². The second-order valence-corrected chi connectivity index (χ2v) is 5.56. The molecule has 0 spiro atoms. The highest BCUT2D eigenvalue weighted by atomic mass is 16.2. The summed E-state index contributed by atoms with van der Waals surface area (Å²) in [5.41, 5.74) is 1.31. The number of amides is 2. The second-order valence-electron chi connectivity index (χ2n) is 5.56. The number of piperidine rings is 1. The van der Waals surface area contributed by atoms with Crippen LogP contribution in [-0.2, 0) is 4.79 Å². The maximum absolute atomic E-state index is 12.2. The van der Waals surface area contributed by atoms with E-state index in [1.807, 2.05) is 6.92 Å². The van der Waals surface area contributed by atoms with Gasteiger partial charge in [-0.15, -0.1) is 0 Å². The average Bonchev–Trinajstić information content (AvgIpc) is 2.48. The van der Waals surface area contributed by atoms with Crippen LogP contribution < -0.4 is 16.0 Å². The van der Waals surface area contributed by atoms with Crippen LogP contribution in [0.3, 0.4) is 0 Å². The summed E-state index contributed by atoms with van der Waals surface area (Å²) in [5, 5.41) is 8.88. The van der Waals surface area contributed by atoms with E-state index in [1.54, 1.807) is 24.3 Å². The summed E-state index contributed by atoms with van der Waals surface area (Å²) < 4.78 is 0. The zero-order valence-electron chi connectivity index (χ0n) is 12.6. The molecule has 2 unspecified atom stereocenters. The predicted molar refractivity (Wildman–Crippen MR) is 83.3 cm³/mol. The van der Waals surface area contributed by atoms with Crippen molar-refractivity contribution in [2.45, 2.75) is 32.7 Å². The van der Waals surface area contributed by atoms with Gasteiger partial charge in [0.2, 0.25) is 5.91 Å². The summed E-state index contributed by atoms with van der Waals surface area (Å²) in [6, 6.07) is 6.83. The van der Waals surface area contributed by atoms with E-state index in [9.17, 15) is 9.59 Å². The molecular weight excluding hydrogens is 266 g/mol. The molecule has 1 saturated heterocycles. The van der Waals surface area contributed by atoms with E-state index in [0.717, 1.165) is 19.4 Å². The highest BCUT2D eigenvalue weighted by Crippen LogP contribution is 2.17. The molecule has 1 aromatic carbocycles. The molecule has 3 N–H and O–H groups in total. The van der Waals surface area contributed by atoms with Crippen LogP contribution in [0.25, 0.3) is 0 Å². The third-order valence-electron chi connectivity index (χ3n) is 3.73. The number of nitrogens with one attached hydrogen (secondary N) is 3. The van der Waals surface area contributed by atoms with Crippen LogP contribution in [0.1, 0.15) is 37.0 Å². The molecule has 1 heterocycles. The Morgan fingerprint density at radius 2 is 2.00 bits per heavy atom. The fourth-order valence-electron chi connectivity index (χ4n) is 2.50. The number of anilines is 1. The molecule has 0 aromatic heterocycles. The van der Waals surface area contributed by atoms with E-state index in [1.165, 1.54) is 0 Å². The molecule has 0 aliphatic carbocycles. The molecule has 1 aliphatic rings. The molecule has 5 nitrogen and oxygen atoms in total. The van der Waals surface area contributed by atoms with Crippen LogP contribution in [0.4, 0.5) is 5.69 Å². The number of benzene rings is 1. The van der Waals surface area contributed by atoms with Gasteiger partial charge in [0.1, 0.15) is 0 Å². The maximum Gasteiger partial charge on any atom is 0.251 e. The van der Waals surface area contributed by atoms with Gasteiger partial charge >= 0.3 is 0 Å². The Morgan fingerprint density at radius 1 is 1.29 bits per heavy atom. The number of carbonyl (C=O) groups excluding carboxylic acids is 2. The van der Waals surface area contributed by atoms with E-state index in [2.05, 4.69) is 22.9 Å². The Labute approximate surface area is 125 Å². The zero-order chi connectivity index (χ0) is 15.2. The van der Waals surface area contributed by atoms with Crippen LogP contribution in [0.5, 0.6) is 0 Å². The van der Waals surface area contributed by atoms with Crippen molar-refractivity contribution in [2.75, 3.05) is 18.4 Å². The molecular formula is C16H23N3O2. The fourth-order valence-corrected chi connectivity index (χ4v) is 2.50. The molecule has 2 atom stereocenters. The minimum absolute atomic E-state index is 0.00712. The number of hydrogen-bond donors (Lipinski definition) is 3. The summed E-state index contributed by atoms with van der Waals surface area (Å²) in [6.45, 7) is 5.53. The molecule has 0 saturated carbocycles. The molecule has 1 aliphatic heterocycles. The summed E-state index contributed by atoms with van der Waals surface area (Å²) in [5.74, 6) is 0.465. The van der Waals surface area contributed by atoms with Gasteiger partial charge in [-0.25, -0.2) is 0 Å². The number of carbonyl (C=O) groups is 2. The second kappa shape index (κ2) is 7.22. The van der Waals surface area contributed by atoms with Crippen molar-refractivity contribution >= 4 is 17.5 Å². The third-order valence-corrected chi connectivity index (χ3v) is 3.73. The van der Waals surface area contributed by atoms with Crippen molar-refractivity contribution in [1.82, 2.24) is 10.6 Å². The van der Waals surface area contributed by atoms with E-state index in [-0.39, 0.29) is 17.9 Å². The Hall–Kier alpha value is -1.88. The number of rotatable bonds is 4. The van der Waals surface area contributed by atoms with Crippen LogP contribution in [-0.4, -0.2) is 30.9 Å². The lowest BCUT2D eigenvalue weighted by molar-refractivity contribution is -0.119. The first kappa shape index (κ1) is 15.5. The molecule has 5 heteroatoms. The Morgan fingerprint density at radius 3 is 2.62 bits per heavy atom. The van der Waals surface area contributed by atoms with Crippen LogP contribution in [0.15, 0.2) is 24.3 Å². The standard InChI is InChI=1S/C16H23N3O2/c1-3-17-15(20)12-4-6-13(7-5-12)19-16(21)14-10-11(2)8-9-18-14/h4-7,11,14,18H,3,8-10H2,1-2H3,(H,17,20)(H,19,21). The van der Waals surface area contributed by atoms with Crippen molar-refractivity contribution in [3.05, 3.63) is 29.8 Å². The highest BCUT2D eigenvalue weighted by molar-refractivity contribution is 5.97. The topological polar surface area (TPSA) is 70.2 Å². The molecule has 0 bridgehead atoms. The lowest BCUT2D eigenvalue weighted by Crippen LogP contribution is -2.45. The summed E-state index contributed by atoms with van der Waals surface area (Å²) >= 11 is 0. The SMILES string of the molecule is CCNC(=O)c1ccc(NC(=O)C2CC(C)CCN2)cc1. The van der Waals surface area contributed by atoms with Crippen LogP contribution in [0.2, 0.25) is 0 Å². The molecule has 2 rings (SSSR count). The highest BCUT2D eigenvalue weighted by Gasteiger charge is 2.24. The molecule has 1 aromatic rings. The van der Waals surface area contributed by atoms with E-state index in [4.69, 9.17) is 0 Å². The van der Waals surface area contributed by atoms with Crippen molar-refractivity contribution in [1.29, 1.82) is 0 Å². The first-order valence-electron chi connectivity index (χ1n) is 7.52. The first-order chi connectivity index (χ1) is 10.1. The molecule has 2 amide bonds. The van der Waals surface area contributed by atoms with Crippen molar-refractivity contribution < 1.29 is 9.59 Å². The van der Waals surface area contributed by atoms with Gasteiger partial charge in [-0.3, -0.25) is 9.59 Å². The number of hydrogen-bond acceptors (Lipinski definition) is 3. The summed E-state index contributed by atoms with van der Waals surface area (Å²) in [6.07, 6.45) is 1.98. The molecule has 1 fully saturated rings. The van der Waals surface area contributed by atoms with Crippen molar-refractivity contribution in [3.63, 3.8) is 0 Å². The van der Waals surface area contributed by atoms with Gasteiger partial charge in [0, 0.05) is 17.8 Å². The van der Waals surface area contributed by atoms with Crippen molar-refractivity contribution in [3.8, 4) is 0 Å². The fraction of sp³-hybridized carbons (Fsp3) is 0.500. The molecule has 21 heavy (non-hydrogen) atoms. The Kier molecular flexibility index (Phi) is 5.33. The largest absolute Gasteiger partial charge is 0.352 e. The Balaban J connectivity index is 1.93. The van der Waals surface area contributed by atoms with Crippen LogP contribution in [0, 0.1) is 5.92 Å². The summed E-state index contributed by atoms with van der Waals surface area (Å²) in [4.78, 5) is 23.8. The smallest absolute Gasteiger partial charge is 0.251 e. The van der Waals surface area contributed by atoms with Gasteiger partial charge in [-0.1, -0.05) is 6.92 Å². The lowest BCUT2D eigenvalue weighted by Gasteiger charge is -2.27. The van der Waals surface area contributed by atoms with Gasteiger partial charge in [-0.2, -0.15) is 0 Å². The van der Waals surface area contributed by atoms with Crippen molar-refractivity contribution in [2.24, 2.45) is 5.92 Å². The zero-order valence-corrected chi connectivity index (χ0v) is 12.6. The predicted octanol–water partition coefficient (Wildman–Crippen LogP) is 1.76. The molecule has 0 radical (unpaired) electrons. The first-order valence-corrected chi connectivity index (χ1v) is 7.52. The average molecular weight is 289 g/mol. The minimum Gasteiger partial charge on any atom is -0.352 e.